The number of fused-ring (bicyclic) bond motifs is 1. The topological polar surface area (TPSA) is 92.5 Å². The van der Waals surface area contributed by atoms with E-state index in [1.807, 2.05) is 0 Å². The molecule has 0 bridgehead atoms. The highest BCUT2D eigenvalue weighted by Crippen LogP contribution is 2.30. The highest BCUT2D eigenvalue weighted by Gasteiger charge is 2.28. The number of carbonyl (C=O) groups is 1. The van der Waals surface area contributed by atoms with Crippen LogP contribution in [0.25, 0.3) is 0 Å². The monoisotopic (exact) mass is 319 g/mol. The Kier molecular flexibility index (Phi) is 5.15. The van der Waals surface area contributed by atoms with Gasteiger partial charge < -0.3 is 10.6 Å². The first-order valence-electron chi connectivity index (χ1n) is 6.00. The zero-order valence-electron chi connectivity index (χ0n) is 11.3. The van der Waals surface area contributed by atoms with Gasteiger partial charge in [0.05, 0.1) is 10.9 Å². The molecule has 0 saturated carbocycles. The molecule has 1 amide bonds. The number of amides is 1. The summed E-state index contributed by atoms with van der Waals surface area (Å²) in [5.74, 6) is -0.197. The van der Waals surface area contributed by atoms with Crippen LogP contribution in [-0.4, -0.2) is 34.0 Å². The minimum Gasteiger partial charge on any atom is -0.320 e. The van der Waals surface area contributed by atoms with Crippen molar-refractivity contribution in [3.63, 3.8) is 0 Å². The quantitative estimate of drug-likeness (QED) is 0.835. The highest BCUT2D eigenvalue weighted by atomic mass is 35.5. The molecule has 8 heteroatoms. The van der Waals surface area contributed by atoms with E-state index >= 15 is 0 Å². The highest BCUT2D eigenvalue weighted by molar-refractivity contribution is 7.89. The van der Waals surface area contributed by atoms with Gasteiger partial charge in [-0.15, -0.1) is 12.4 Å². The Balaban J connectivity index is 0.00000200. The summed E-state index contributed by atoms with van der Waals surface area (Å²) in [4.78, 5) is 13.7. The van der Waals surface area contributed by atoms with Crippen molar-refractivity contribution in [3.05, 3.63) is 23.8 Å². The summed E-state index contributed by atoms with van der Waals surface area (Å²) in [6, 6.07) is 4.21. The Morgan fingerprint density at radius 3 is 2.65 bits per heavy atom. The number of benzene rings is 1. The Morgan fingerprint density at radius 2 is 2.10 bits per heavy atom. The first-order valence-corrected chi connectivity index (χ1v) is 7.48. The molecule has 1 aliphatic heterocycles. The molecular weight excluding hydrogens is 302 g/mol. The third-order valence-corrected chi connectivity index (χ3v) is 4.60. The maximum Gasteiger partial charge on any atom is 0.243 e. The molecule has 20 heavy (non-hydrogen) atoms. The Morgan fingerprint density at radius 1 is 1.45 bits per heavy atom. The fraction of sp³-hybridized carbons (Fsp3) is 0.417. The minimum absolute atomic E-state index is 0. The molecule has 1 aromatic rings. The van der Waals surface area contributed by atoms with Crippen molar-refractivity contribution in [2.75, 3.05) is 18.5 Å². The van der Waals surface area contributed by atoms with Crippen LogP contribution in [0.1, 0.15) is 12.5 Å². The van der Waals surface area contributed by atoms with Crippen LogP contribution >= 0.6 is 12.4 Å². The molecule has 1 heterocycles. The molecule has 0 unspecified atom stereocenters. The Labute approximate surface area is 124 Å². The van der Waals surface area contributed by atoms with Crippen LogP contribution in [0.3, 0.4) is 0 Å². The Bertz CT molecular complexity index is 616. The molecule has 0 aliphatic carbocycles. The van der Waals surface area contributed by atoms with Gasteiger partial charge in [-0.2, -0.15) is 0 Å². The number of hydrogen-bond donors (Lipinski definition) is 2. The second-order valence-electron chi connectivity index (χ2n) is 4.53. The van der Waals surface area contributed by atoms with Crippen LogP contribution < -0.4 is 15.4 Å². The van der Waals surface area contributed by atoms with Crippen molar-refractivity contribution in [3.8, 4) is 0 Å². The molecule has 0 spiro atoms. The van der Waals surface area contributed by atoms with Gasteiger partial charge in [0.15, 0.2) is 0 Å². The zero-order chi connectivity index (χ0) is 14.2. The van der Waals surface area contributed by atoms with Crippen molar-refractivity contribution < 1.29 is 13.2 Å². The van der Waals surface area contributed by atoms with Gasteiger partial charge in [-0.3, -0.25) is 4.79 Å². The second-order valence-corrected chi connectivity index (χ2v) is 6.41. The second kappa shape index (κ2) is 6.09. The molecule has 3 N–H and O–H groups in total. The van der Waals surface area contributed by atoms with E-state index in [0.29, 0.717) is 18.7 Å². The van der Waals surface area contributed by atoms with E-state index in [1.165, 1.54) is 13.1 Å². The van der Waals surface area contributed by atoms with E-state index in [0.717, 1.165) is 5.56 Å². The minimum atomic E-state index is -3.51. The van der Waals surface area contributed by atoms with E-state index in [-0.39, 0.29) is 23.2 Å². The first kappa shape index (κ1) is 16.9. The van der Waals surface area contributed by atoms with Crippen molar-refractivity contribution in [1.29, 1.82) is 0 Å². The Hall–Kier alpha value is -1.15. The third-order valence-electron chi connectivity index (χ3n) is 3.19. The van der Waals surface area contributed by atoms with Gasteiger partial charge in [0.1, 0.15) is 0 Å². The summed E-state index contributed by atoms with van der Waals surface area (Å²) in [6.07, 6.45) is 0.716. The summed E-state index contributed by atoms with van der Waals surface area (Å²) in [6.45, 7) is 2.16. The predicted octanol–water partition coefficient (Wildman–Crippen LogP) is 0.253. The lowest BCUT2D eigenvalue weighted by Crippen LogP contribution is -2.41. The van der Waals surface area contributed by atoms with Crippen LogP contribution in [-0.2, 0) is 21.2 Å². The van der Waals surface area contributed by atoms with Crippen LogP contribution in [0.15, 0.2) is 23.1 Å². The molecule has 112 valence electrons. The molecule has 1 atom stereocenters. The number of nitrogens with two attached hydrogens (primary N) is 1. The number of carbonyl (C=O) groups excluding carboxylic acids is 1. The lowest BCUT2D eigenvalue weighted by Gasteiger charge is -2.20. The molecule has 0 aromatic heterocycles. The van der Waals surface area contributed by atoms with Gasteiger partial charge >= 0.3 is 0 Å². The third kappa shape index (κ3) is 2.95. The van der Waals surface area contributed by atoms with Crippen molar-refractivity contribution in [2.45, 2.75) is 24.3 Å². The smallest absolute Gasteiger partial charge is 0.243 e. The van der Waals surface area contributed by atoms with E-state index < -0.39 is 16.1 Å². The van der Waals surface area contributed by atoms with Gasteiger partial charge in [-0.1, -0.05) is 6.07 Å². The maximum absolute atomic E-state index is 12.0. The van der Waals surface area contributed by atoms with E-state index in [2.05, 4.69) is 4.72 Å². The number of rotatable bonds is 3. The predicted molar refractivity (Wildman–Crippen MR) is 79.6 cm³/mol. The number of anilines is 1. The molecule has 0 fully saturated rings. The number of nitrogens with one attached hydrogen (secondary N) is 1. The summed E-state index contributed by atoms with van der Waals surface area (Å²) in [5.41, 5.74) is 7.20. The standard InChI is InChI=1S/C12H17N3O3S.ClH/c1-8(13)12(16)15-6-5-9-3-4-10(7-11(9)15)19(17,18)14-2;/h3-4,7-8,14H,5-6,13H2,1-2H3;1H/t8-;/m0./s1. The van der Waals surface area contributed by atoms with E-state index in [9.17, 15) is 13.2 Å². The summed E-state index contributed by atoms with van der Waals surface area (Å²) in [7, 11) is -2.15. The van der Waals surface area contributed by atoms with Gasteiger partial charge in [0.25, 0.3) is 0 Å². The number of nitrogens with zero attached hydrogens (tertiary/aromatic N) is 1. The SMILES string of the molecule is CNS(=O)(=O)c1ccc2c(c1)N(C(=O)[C@H](C)N)CC2.Cl. The largest absolute Gasteiger partial charge is 0.320 e. The van der Waals surface area contributed by atoms with Gasteiger partial charge in [0.2, 0.25) is 15.9 Å². The molecule has 2 rings (SSSR count). The first-order chi connectivity index (χ1) is 8.86. The lowest BCUT2D eigenvalue weighted by molar-refractivity contribution is -0.119. The number of halogens is 1. The van der Waals surface area contributed by atoms with E-state index in [4.69, 9.17) is 5.73 Å². The summed E-state index contributed by atoms with van der Waals surface area (Å²) >= 11 is 0. The summed E-state index contributed by atoms with van der Waals surface area (Å²) < 4.78 is 25.8. The van der Waals surface area contributed by atoms with E-state index in [1.54, 1.807) is 24.0 Å². The van der Waals surface area contributed by atoms with Crippen LogP contribution in [0, 0.1) is 0 Å². The fourth-order valence-electron chi connectivity index (χ4n) is 2.12. The van der Waals surface area contributed by atoms with Gasteiger partial charge in [0, 0.05) is 12.2 Å². The fourth-order valence-corrected chi connectivity index (χ4v) is 2.87. The van der Waals surface area contributed by atoms with Crippen molar-refractivity contribution in [2.24, 2.45) is 5.73 Å². The number of sulfonamides is 1. The average molecular weight is 320 g/mol. The normalized spacial score (nSPS) is 15.4. The zero-order valence-corrected chi connectivity index (χ0v) is 12.9. The maximum atomic E-state index is 12.0. The molecule has 1 aromatic carbocycles. The van der Waals surface area contributed by atoms with Crippen LogP contribution in [0.4, 0.5) is 5.69 Å². The van der Waals surface area contributed by atoms with Crippen molar-refractivity contribution in [1.82, 2.24) is 4.72 Å². The average Bonchev–Trinajstić information content (AvgIpc) is 2.80. The van der Waals surface area contributed by atoms with Gasteiger partial charge in [-0.25, -0.2) is 13.1 Å². The molecular formula is C12H18ClN3O3S. The molecule has 6 nitrogen and oxygen atoms in total. The van der Waals surface area contributed by atoms with Crippen LogP contribution in [0.5, 0.6) is 0 Å². The molecule has 1 aliphatic rings. The van der Waals surface area contributed by atoms with Gasteiger partial charge in [-0.05, 0) is 38.1 Å². The van der Waals surface area contributed by atoms with Crippen molar-refractivity contribution >= 4 is 34.0 Å². The molecule has 0 radical (unpaired) electrons. The van der Waals surface area contributed by atoms with Crippen LogP contribution in [0.2, 0.25) is 0 Å². The lowest BCUT2D eigenvalue weighted by atomic mass is 10.2. The summed E-state index contributed by atoms with van der Waals surface area (Å²) in [5, 5.41) is 0. The molecule has 0 saturated heterocycles. The number of hydrogen-bond acceptors (Lipinski definition) is 4.